The average Bonchev–Trinajstić information content (AvgIpc) is 3.15. The van der Waals surface area contributed by atoms with Crippen LogP contribution in [0.1, 0.15) is 48.4 Å². The lowest BCUT2D eigenvalue weighted by atomic mass is 10.0. The Balaban J connectivity index is 2.08. The van der Waals surface area contributed by atoms with Crippen LogP contribution in [-0.4, -0.2) is 30.3 Å². The number of amides is 1. The third kappa shape index (κ3) is 3.26. The topological polar surface area (TPSA) is 92.5 Å². The Morgan fingerprint density at radius 3 is 2.65 bits per heavy atom. The molecule has 2 heterocycles. The SMILES string of the molecule is CC(=O)Nc1ccc(C)cc1S(=O)(=O)N1CCC[C@@H]1c1c(C)noc1C. The van der Waals surface area contributed by atoms with Crippen molar-refractivity contribution in [3.8, 4) is 0 Å². The molecular formula is C18H23N3O4S. The van der Waals surface area contributed by atoms with Crippen LogP contribution in [0.4, 0.5) is 5.69 Å². The van der Waals surface area contributed by atoms with E-state index in [-0.39, 0.29) is 16.8 Å². The molecule has 0 radical (unpaired) electrons. The van der Waals surface area contributed by atoms with E-state index in [1.807, 2.05) is 13.8 Å². The van der Waals surface area contributed by atoms with E-state index < -0.39 is 10.0 Å². The fourth-order valence-electron chi connectivity index (χ4n) is 3.54. The van der Waals surface area contributed by atoms with Crippen LogP contribution in [0.5, 0.6) is 0 Å². The Bertz CT molecular complexity index is 930. The predicted molar refractivity (Wildman–Crippen MR) is 97.3 cm³/mol. The largest absolute Gasteiger partial charge is 0.361 e. The number of anilines is 1. The van der Waals surface area contributed by atoms with Crippen LogP contribution >= 0.6 is 0 Å². The second-order valence-electron chi connectivity index (χ2n) is 6.69. The Hall–Kier alpha value is -2.19. The third-order valence-corrected chi connectivity index (χ3v) is 6.61. The Morgan fingerprint density at radius 2 is 2.04 bits per heavy atom. The highest BCUT2D eigenvalue weighted by Gasteiger charge is 2.39. The van der Waals surface area contributed by atoms with Gasteiger partial charge in [-0.15, -0.1) is 0 Å². The number of hydrogen-bond donors (Lipinski definition) is 1. The first-order valence-corrected chi connectivity index (χ1v) is 9.98. The molecule has 1 fully saturated rings. The maximum atomic E-state index is 13.4. The van der Waals surface area contributed by atoms with Gasteiger partial charge in [0, 0.05) is 19.0 Å². The Morgan fingerprint density at radius 1 is 1.31 bits per heavy atom. The van der Waals surface area contributed by atoms with Crippen molar-refractivity contribution in [1.82, 2.24) is 9.46 Å². The van der Waals surface area contributed by atoms with E-state index in [1.54, 1.807) is 25.1 Å². The van der Waals surface area contributed by atoms with Crippen LogP contribution < -0.4 is 5.32 Å². The zero-order valence-corrected chi connectivity index (χ0v) is 16.2. The molecule has 8 heteroatoms. The number of benzene rings is 1. The van der Waals surface area contributed by atoms with Gasteiger partial charge >= 0.3 is 0 Å². The van der Waals surface area contributed by atoms with Gasteiger partial charge in [0.25, 0.3) is 0 Å². The molecule has 1 aliphatic heterocycles. The van der Waals surface area contributed by atoms with Crippen molar-refractivity contribution < 1.29 is 17.7 Å². The number of aromatic nitrogens is 1. The summed E-state index contributed by atoms with van der Waals surface area (Å²) in [5.74, 6) is 0.329. The highest BCUT2D eigenvalue weighted by molar-refractivity contribution is 7.89. The van der Waals surface area contributed by atoms with Crippen LogP contribution in [0.25, 0.3) is 0 Å². The van der Waals surface area contributed by atoms with Crippen molar-refractivity contribution in [2.45, 2.75) is 51.5 Å². The first-order valence-electron chi connectivity index (χ1n) is 8.54. The fourth-order valence-corrected chi connectivity index (χ4v) is 5.44. The lowest BCUT2D eigenvalue weighted by molar-refractivity contribution is -0.114. The fraction of sp³-hybridized carbons (Fsp3) is 0.444. The van der Waals surface area contributed by atoms with Crippen molar-refractivity contribution in [1.29, 1.82) is 0 Å². The van der Waals surface area contributed by atoms with E-state index in [9.17, 15) is 13.2 Å². The monoisotopic (exact) mass is 377 g/mol. The molecule has 140 valence electrons. The van der Waals surface area contributed by atoms with E-state index in [2.05, 4.69) is 10.5 Å². The summed E-state index contributed by atoms with van der Waals surface area (Å²) in [5, 5.41) is 6.59. The average molecular weight is 377 g/mol. The summed E-state index contributed by atoms with van der Waals surface area (Å²) < 4.78 is 33.6. The molecule has 1 aromatic heterocycles. The number of aryl methyl sites for hydroxylation is 3. The minimum atomic E-state index is -3.80. The summed E-state index contributed by atoms with van der Waals surface area (Å²) in [6, 6.07) is 4.70. The molecule has 0 aliphatic carbocycles. The summed E-state index contributed by atoms with van der Waals surface area (Å²) in [6.07, 6.45) is 1.47. The lowest BCUT2D eigenvalue weighted by Crippen LogP contribution is -2.32. The minimum Gasteiger partial charge on any atom is -0.361 e. The van der Waals surface area contributed by atoms with Gasteiger partial charge in [-0.1, -0.05) is 11.2 Å². The van der Waals surface area contributed by atoms with Crippen molar-refractivity contribution in [2.24, 2.45) is 0 Å². The molecular weight excluding hydrogens is 354 g/mol. The zero-order valence-electron chi connectivity index (χ0n) is 15.4. The van der Waals surface area contributed by atoms with Crippen LogP contribution in [-0.2, 0) is 14.8 Å². The van der Waals surface area contributed by atoms with E-state index in [4.69, 9.17) is 4.52 Å². The molecule has 2 aromatic rings. The molecule has 3 rings (SSSR count). The quantitative estimate of drug-likeness (QED) is 0.884. The van der Waals surface area contributed by atoms with Crippen molar-refractivity contribution in [3.63, 3.8) is 0 Å². The van der Waals surface area contributed by atoms with Gasteiger partial charge in [0.1, 0.15) is 10.7 Å². The van der Waals surface area contributed by atoms with Gasteiger partial charge < -0.3 is 9.84 Å². The second-order valence-corrected chi connectivity index (χ2v) is 8.55. The lowest BCUT2D eigenvalue weighted by Gasteiger charge is -2.25. The number of sulfonamides is 1. The first kappa shape index (κ1) is 18.6. The maximum Gasteiger partial charge on any atom is 0.245 e. The summed E-state index contributed by atoms with van der Waals surface area (Å²) in [4.78, 5) is 11.6. The third-order valence-electron chi connectivity index (χ3n) is 4.66. The molecule has 0 unspecified atom stereocenters. The minimum absolute atomic E-state index is 0.117. The molecule has 26 heavy (non-hydrogen) atoms. The normalized spacial score (nSPS) is 18.2. The van der Waals surface area contributed by atoms with E-state index >= 15 is 0 Å². The molecule has 0 saturated carbocycles. The van der Waals surface area contributed by atoms with Gasteiger partial charge in [0.05, 0.1) is 17.4 Å². The van der Waals surface area contributed by atoms with Gasteiger partial charge in [-0.3, -0.25) is 4.79 Å². The van der Waals surface area contributed by atoms with Crippen LogP contribution in [0.2, 0.25) is 0 Å². The standard InChI is InChI=1S/C18H23N3O4S/c1-11-7-8-15(19-14(4)22)17(10-11)26(23,24)21-9-5-6-16(21)18-12(2)20-25-13(18)3/h7-8,10,16H,5-6,9H2,1-4H3,(H,19,22)/t16-/m1/s1. The number of carbonyl (C=O) groups excluding carboxylic acids is 1. The summed E-state index contributed by atoms with van der Waals surface area (Å²) in [6.45, 7) is 7.23. The van der Waals surface area contributed by atoms with E-state index in [0.29, 0.717) is 30.1 Å². The molecule has 0 bridgehead atoms. The maximum absolute atomic E-state index is 13.4. The summed E-state index contributed by atoms with van der Waals surface area (Å²) in [7, 11) is -3.80. The second kappa shape index (κ2) is 6.85. The molecule has 1 aliphatic rings. The van der Waals surface area contributed by atoms with E-state index in [1.165, 1.54) is 11.2 Å². The molecule has 1 N–H and O–H groups in total. The van der Waals surface area contributed by atoms with Crippen LogP contribution in [0.15, 0.2) is 27.6 Å². The highest BCUT2D eigenvalue weighted by atomic mass is 32.2. The highest BCUT2D eigenvalue weighted by Crippen LogP contribution is 2.40. The van der Waals surface area contributed by atoms with Gasteiger partial charge in [-0.05, 0) is 51.3 Å². The first-order chi connectivity index (χ1) is 12.2. The number of rotatable bonds is 4. The molecule has 0 spiro atoms. The molecule has 1 amide bonds. The Labute approximate surface area is 153 Å². The van der Waals surface area contributed by atoms with Crippen LogP contribution in [0.3, 0.4) is 0 Å². The molecule has 7 nitrogen and oxygen atoms in total. The molecule has 1 atom stereocenters. The van der Waals surface area contributed by atoms with E-state index in [0.717, 1.165) is 17.5 Å². The van der Waals surface area contributed by atoms with Crippen molar-refractivity contribution in [2.75, 3.05) is 11.9 Å². The molecule has 1 aromatic carbocycles. The van der Waals surface area contributed by atoms with Gasteiger partial charge in [-0.25, -0.2) is 8.42 Å². The number of hydrogen-bond acceptors (Lipinski definition) is 5. The number of nitrogens with one attached hydrogen (secondary N) is 1. The summed E-state index contributed by atoms with van der Waals surface area (Å²) >= 11 is 0. The van der Waals surface area contributed by atoms with Gasteiger partial charge in [0.2, 0.25) is 15.9 Å². The zero-order chi connectivity index (χ0) is 19.1. The predicted octanol–water partition coefficient (Wildman–Crippen LogP) is 3.08. The van der Waals surface area contributed by atoms with Crippen molar-refractivity contribution >= 4 is 21.6 Å². The molecule has 1 saturated heterocycles. The van der Waals surface area contributed by atoms with Gasteiger partial charge in [-0.2, -0.15) is 4.31 Å². The van der Waals surface area contributed by atoms with Gasteiger partial charge in [0.15, 0.2) is 0 Å². The smallest absolute Gasteiger partial charge is 0.245 e. The van der Waals surface area contributed by atoms with Crippen molar-refractivity contribution in [3.05, 3.63) is 40.8 Å². The van der Waals surface area contributed by atoms with Crippen LogP contribution in [0, 0.1) is 20.8 Å². The Kier molecular flexibility index (Phi) is 4.90. The summed E-state index contributed by atoms with van der Waals surface area (Å²) in [5.41, 5.74) is 2.65. The number of nitrogens with zero attached hydrogens (tertiary/aromatic N) is 2. The number of carbonyl (C=O) groups is 1.